The zero-order valence-corrected chi connectivity index (χ0v) is 10.3. The summed E-state index contributed by atoms with van der Waals surface area (Å²) in [5, 5.41) is 9.94. The van der Waals surface area contributed by atoms with Gasteiger partial charge >= 0.3 is 0 Å². The van der Waals surface area contributed by atoms with Crippen LogP contribution in [0.2, 0.25) is 0 Å². The van der Waals surface area contributed by atoms with E-state index in [1.165, 1.54) is 0 Å². The quantitative estimate of drug-likeness (QED) is 0.784. The summed E-state index contributed by atoms with van der Waals surface area (Å²) in [7, 11) is 0. The predicted octanol–water partition coefficient (Wildman–Crippen LogP) is 3.63. The number of pyridine rings is 1. The molecule has 0 amide bonds. The molecule has 1 atom stereocenters. The number of thioether (sulfide) groups is 1. The normalized spacial score (nSPS) is 12.1. The van der Waals surface area contributed by atoms with Crippen molar-refractivity contribution in [2.45, 2.75) is 30.0 Å². The Bertz CT molecular complexity index is 318. The standard InChI is InChI=1S/C10H11BrN2S/c1-2-9(5-6-12)14-10-4-3-8(11)7-13-10/h3-4,7,9H,2,5H2,1H3. The lowest BCUT2D eigenvalue weighted by Gasteiger charge is -2.08. The van der Waals surface area contributed by atoms with Crippen LogP contribution < -0.4 is 0 Å². The van der Waals surface area contributed by atoms with Gasteiger partial charge in [-0.25, -0.2) is 4.98 Å². The molecule has 74 valence electrons. The summed E-state index contributed by atoms with van der Waals surface area (Å²) in [6, 6.07) is 6.13. The third kappa shape index (κ3) is 3.69. The molecule has 0 aliphatic carbocycles. The van der Waals surface area contributed by atoms with E-state index in [4.69, 9.17) is 5.26 Å². The van der Waals surface area contributed by atoms with Crippen LogP contribution in [-0.2, 0) is 0 Å². The number of nitriles is 1. The number of aromatic nitrogens is 1. The molecule has 1 unspecified atom stereocenters. The van der Waals surface area contributed by atoms with Crippen molar-refractivity contribution in [1.29, 1.82) is 5.26 Å². The fraction of sp³-hybridized carbons (Fsp3) is 0.400. The molecule has 0 bridgehead atoms. The summed E-state index contributed by atoms with van der Waals surface area (Å²) < 4.78 is 0.982. The first kappa shape index (κ1) is 11.5. The third-order valence-electron chi connectivity index (χ3n) is 1.76. The number of hydrogen-bond donors (Lipinski definition) is 0. The summed E-state index contributed by atoms with van der Waals surface area (Å²) in [5.74, 6) is 0. The molecule has 4 heteroatoms. The molecule has 14 heavy (non-hydrogen) atoms. The summed E-state index contributed by atoms with van der Waals surface area (Å²) >= 11 is 5.00. The van der Waals surface area contributed by atoms with Gasteiger partial charge in [0, 0.05) is 22.3 Å². The average molecular weight is 271 g/mol. The molecule has 0 fully saturated rings. The van der Waals surface area contributed by atoms with Crippen molar-refractivity contribution in [3.63, 3.8) is 0 Å². The number of rotatable bonds is 4. The molecule has 1 heterocycles. The predicted molar refractivity (Wildman–Crippen MR) is 62.1 cm³/mol. The Hall–Kier alpha value is -0.530. The second kappa shape index (κ2) is 6.05. The van der Waals surface area contributed by atoms with Gasteiger partial charge in [0.25, 0.3) is 0 Å². The fourth-order valence-corrected chi connectivity index (χ4v) is 2.13. The number of nitrogens with zero attached hydrogens (tertiary/aromatic N) is 2. The maximum Gasteiger partial charge on any atom is 0.0963 e. The monoisotopic (exact) mass is 270 g/mol. The lowest BCUT2D eigenvalue weighted by molar-refractivity contribution is 0.839. The van der Waals surface area contributed by atoms with Crippen LogP contribution in [0.25, 0.3) is 0 Å². The molecule has 2 nitrogen and oxygen atoms in total. The molecule has 0 saturated heterocycles. The summed E-state index contributed by atoms with van der Waals surface area (Å²) in [6.45, 7) is 2.09. The van der Waals surface area contributed by atoms with Crippen molar-refractivity contribution < 1.29 is 0 Å². The van der Waals surface area contributed by atoms with Crippen LogP contribution in [-0.4, -0.2) is 10.2 Å². The SMILES string of the molecule is CCC(CC#N)Sc1ccc(Br)cn1. The maximum absolute atomic E-state index is 8.60. The van der Waals surface area contributed by atoms with Crippen LogP contribution >= 0.6 is 27.7 Å². The van der Waals surface area contributed by atoms with E-state index in [9.17, 15) is 0 Å². The summed E-state index contributed by atoms with van der Waals surface area (Å²) in [5.41, 5.74) is 0. The second-order valence-corrected chi connectivity index (χ2v) is 5.06. The van der Waals surface area contributed by atoms with Gasteiger partial charge in [-0.05, 0) is 34.5 Å². The van der Waals surface area contributed by atoms with E-state index in [0.29, 0.717) is 11.7 Å². The van der Waals surface area contributed by atoms with Crippen molar-refractivity contribution in [2.75, 3.05) is 0 Å². The molecule has 0 N–H and O–H groups in total. The first-order chi connectivity index (χ1) is 6.76. The van der Waals surface area contributed by atoms with Crippen LogP contribution in [0.1, 0.15) is 19.8 Å². The molecule has 0 radical (unpaired) electrons. The largest absolute Gasteiger partial charge is 0.249 e. The molecular formula is C10H11BrN2S. The van der Waals surface area contributed by atoms with Crippen LogP contribution in [0.15, 0.2) is 27.8 Å². The van der Waals surface area contributed by atoms with Crippen molar-refractivity contribution in [2.24, 2.45) is 0 Å². The minimum absolute atomic E-state index is 0.355. The van der Waals surface area contributed by atoms with E-state index in [1.54, 1.807) is 18.0 Å². The smallest absolute Gasteiger partial charge is 0.0963 e. The Balaban J connectivity index is 2.59. The highest BCUT2D eigenvalue weighted by molar-refractivity contribution is 9.10. The lowest BCUT2D eigenvalue weighted by atomic mass is 10.3. The first-order valence-corrected chi connectivity index (χ1v) is 6.08. The molecule has 0 aliphatic heterocycles. The van der Waals surface area contributed by atoms with E-state index >= 15 is 0 Å². The van der Waals surface area contributed by atoms with Gasteiger partial charge in [-0.15, -0.1) is 11.8 Å². The second-order valence-electron chi connectivity index (χ2n) is 2.83. The highest BCUT2D eigenvalue weighted by Gasteiger charge is 2.08. The maximum atomic E-state index is 8.60. The molecule has 1 aromatic rings. The van der Waals surface area contributed by atoms with Crippen molar-refractivity contribution >= 4 is 27.7 Å². The topological polar surface area (TPSA) is 36.7 Å². The Morgan fingerprint density at radius 1 is 1.64 bits per heavy atom. The van der Waals surface area contributed by atoms with Crippen molar-refractivity contribution in [3.05, 3.63) is 22.8 Å². The zero-order valence-electron chi connectivity index (χ0n) is 7.90. The lowest BCUT2D eigenvalue weighted by Crippen LogP contribution is -1.99. The third-order valence-corrected chi connectivity index (χ3v) is 3.55. The van der Waals surface area contributed by atoms with Gasteiger partial charge < -0.3 is 0 Å². The number of halogens is 1. The molecule has 1 aromatic heterocycles. The molecule has 0 aromatic carbocycles. The van der Waals surface area contributed by atoms with Crippen LogP contribution in [0.4, 0.5) is 0 Å². The van der Waals surface area contributed by atoms with Crippen LogP contribution in [0.3, 0.4) is 0 Å². The van der Waals surface area contributed by atoms with Crippen molar-refractivity contribution in [3.8, 4) is 6.07 Å². The fourth-order valence-electron chi connectivity index (χ4n) is 0.974. The summed E-state index contributed by atoms with van der Waals surface area (Å²) in [4.78, 5) is 4.25. The average Bonchev–Trinajstić information content (AvgIpc) is 2.20. The van der Waals surface area contributed by atoms with Gasteiger partial charge in [0.2, 0.25) is 0 Å². The van der Waals surface area contributed by atoms with E-state index in [1.807, 2.05) is 12.1 Å². The van der Waals surface area contributed by atoms with Gasteiger partial charge in [0.05, 0.1) is 11.1 Å². The Labute approximate surface area is 96.9 Å². The van der Waals surface area contributed by atoms with Gasteiger partial charge in [0.1, 0.15) is 0 Å². The first-order valence-electron chi connectivity index (χ1n) is 4.41. The Morgan fingerprint density at radius 3 is 2.93 bits per heavy atom. The Morgan fingerprint density at radius 2 is 2.43 bits per heavy atom. The molecule has 0 aliphatic rings. The van der Waals surface area contributed by atoms with Gasteiger partial charge in [-0.3, -0.25) is 0 Å². The number of hydrogen-bond acceptors (Lipinski definition) is 3. The van der Waals surface area contributed by atoms with Crippen molar-refractivity contribution in [1.82, 2.24) is 4.98 Å². The van der Waals surface area contributed by atoms with Gasteiger partial charge in [-0.1, -0.05) is 6.92 Å². The minimum atomic E-state index is 0.355. The highest BCUT2D eigenvalue weighted by atomic mass is 79.9. The van der Waals surface area contributed by atoms with E-state index in [2.05, 4.69) is 33.9 Å². The molecule has 1 rings (SSSR count). The van der Waals surface area contributed by atoms with E-state index in [0.717, 1.165) is 15.9 Å². The highest BCUT2D eigenvalue weighted by Crippen LogP contribution is 2.26. The van der Waals surface area contributed by atoms with E-state index in [-0.39, 0.29) is 0 Å². The molecular weight excluding hydrogens is 260 g/mol. The molecule has 0 saturated carbocycles. The summed E-state index contributed by atoms with van der Waals surface area (Å²) in [6.07, 6.45) is 3.36. The van der Waals surface area contributed by atoms with Gasteiger partial charge in [0.15, 0.2) is 0 Å². The van der Waals surface area contributed by atoms with Crippen LogP contribution in [0.5, 0.6) is 0 Å². The van der Waals surface area contributed by atoms with Gasteiger partial charge in [-0.2, -0.15) is 5.26 Å². The van der Waals surface area contributed by atoms with Crippen LogP contribution in [0, 0.1) is 11.3 Å². The molecule has 0 spiro atoms. The zero-order chi connectivity index (χ0) is 10.4. The Kier molecular flexibility index (Phi) is 4.99. The minimum Gasteiger partial charge on any atom is -0.249 e. The van der Waals surface area contributed by atoms with E-state index < -0.39 is 0 Å².